The summed E-state index contributed by atoms with van der Waals surface area (Å²) < 4.78 is 4.91. The zero-order valence-electron chi connectivity index (χ0n) is 7.16. The van der Waals surface area contributed by atoms with Crippen molar-refractivity contribution in [2.24, 2.45) is 5.73 Å². The van der Waals surface area contributed by atoms with Gasteiger partial charge in [0, 0.05) is 6.42 Å². The molecule has 0 radical (unpaired) electrons. The molecule has 0 fully saturated rings. The van der Waals surface area contributed by atoms with Crippen LogP contribution in [0.15, 0.2) is 12.2 Å². The van der Waals surface area contributed by atoms with Crippen LogP contribution in [0.1, 0.15) is 32.1 Å². The minimum absolute atomic E-state index is 0.000880. The van der Waals surface area contributed by atoms with Crippen molar-refractivity contribution in [3.63, 3.8) is 0 Å². The summed E-state index contributed by atoms with van der Waals surface area (Å²) in [6, 6.07) is 0. The lowest BCUT2D eigenvalue weighted by Gasteiger charge is -2.15. The number of carbonyl (C=O) groups is 1. The molecule has 68 valence electrons. The molecular weight excluding hydrogens is 154 g/mol. The number of nitrogens with two attached hydrogens (primary N) is 1. The Hall–Kier alpha value is -0.990. The van der Waals surface area contributed by atoms with Crippen molar-refractivity contribution in [3.05, 3.63) is 12.2 Å². The van der Waals surface area contributed by atoms with E-state index < -0.39 is 6.09 Å². The van der Waals surface area contributed by atoms with Gasteiger partial charge < -0.3 is 10.5 Å². The zero-order chi connectivity index (χ0) is 8.81. The molecule has 3 nitrogen and oxygen atoms in total. The summed E-state index contributed by atoms with van der Waals surface area (Å²) in [5, 5.41) is 0. The Kier molecular flexibility index (Phi) is 3.64. The SMILES string of the molecule is NC(=O)OC1C/C=C/CCCC1. The van der Waals surface area contributed by atoms with Gasteiger partial charge in [0.2, 0.25) is 0 Å². The molecule has 0 aromatic rings. The average Bonchev–Trinajstić information content (AvgIpc) is 1.93. The van der Waals surface area contributed by atoms with Gasteiger partial charge in [-0.05, 0) is 25.7 Å². The summed E-state index contributed by atoms with van der Waals surface area (Å²) in [4.78, 5) is 10.4. The average molecular weight is 169 g/mol. The van der Waals surface area contributed by atoms with Crippen molar-refractivity contribution in [1.82, 2.24) is 0 Å². The summed E-state index contributed by atoms with van der Waals surface area (Å²) in [7, 11) is 0. The van der Waals surface area contributed by atoms with Gasteiger partial charge in [0.25, 0.3) is 0 Å². The Morgan fingerprint density at radius 3 is 3.00 bits per heavy atom. The Labute approximate surface area is 72.6 Å². The van der Waals surface area contributed by atoms with Gasteiger partial charge in [0.15, 0.2) is 0 Å². The molecule has 2 N–H and O–H groups in total. The Morgan fingerprint density at radius 1 is 1.42 bits per heavy atom. The molecular formula is C9H15NO2. The second-order valence-electron chi connectivity index (χ2n) is 3.05. The molecule has 0 spiro atoms. The van der Waals surface area contributed by atoms with Crippen molar-refractivity contribution < 1.29 is 9.53 Å². The maximum atomic E-state index is 10.4. The number of rotatable bonds is 1. The van der Waals surface area contributed by atoms with Crippen molar-refractivity contribution >= 4 is 6.09 Å². The summed E-state index contributed by atoms with van der Waals surface area (Å²) >= 11 is 0. The van der Waals surface area contributed by atoms with Crippen LogP contribution in [0.4, 0.5) is 4.79 Å². The molecule has 1 unspecified atom stereocenters. The monoisotopic (exact) mass is 169 g/mol. The first-order valence-electron chi connectivity index (χ1n) is 4.40. The molecule has 0 aromatic heterocycles. The topological polar surface area (TPSA) is 52.3 Å². The van der Waals surface area contributed by atoms with Crippen LogP contribution >= 0.6 is 0 Å². The predicted molar refractivity (Wildman–Crippen MR) is 46.7 cm³/mol. The highest BCUT2D eigenvalue weighted by Gasteiger charge is 2.11. The van der Waals surface area contributed by atoms with E-state index in [1.807, 2.05) is 0 Å². The molecule has 1 atom stereocenters. The van der Waals surface area contributed by atoms with Crippen molar-refractivity contribution in [2.75, 3.05) is 0 Å². The summed E-state index contributed by atoms with van der Waals surface area (Å²) in [6.45, 7) is 0. The lowest BCUT2D eigenvalue weighted by atomic mass is 10.0. The van der Waals surface area contributed by atoms with Crippen molar-refractivity contribution in [1.29, 1.82) is 0 Å². The second kappa shape index (κ2) is 4.80. The van der Waals surface area contributed by atoms with Gasteiger partial charge in [-0.15, -0.1) is 0 Å². The predicted octanol–water partition coefficient (Wildman–Crippen LogP) is 1.97. The lowest BCUT2D eigenvalue weighted by molar-refractivity contribution is 0.100. The van der Waals surface area contributed by atoms with Gasteiger partial charge in [-0.25, -0.2) is 4.79 Å². The van der Waals surface area contributed by atoms with Crippen LogP contribution in [0, 0.1) is 0 Å². The van der Waals surface area contributed by atoms with E-state index in [1.165, 1.54) is 6.42 Å². The summed E-state index contributed by atoms with van der Waals surface area (Å²) in [6.07, 6.45) is 8.72. The van der Waals surface area contributed by atoms with Crippen LogP contribution in [0.3, 0.4) is 0 Å². The van der Waals surface area contributed by atoms with E-state index in [1.54, 1.807) is 0 Å². The molecule has 0 aromatic carbocycles. The summed E-state index contributed by atoms with van der Waals surface area (Å²) in [5.74, 6) is 0. The molecule has 0 saturated heterocycles. The first-order chi connectivity index (χ1) is 5.79. The van der Waals surface area contributed by atoms with Crippen molar-refractivity contribution in [2.45, 2.75) is 38.2 Å². The fourth-order valence-corrected chi connectivity index (χ4v) is 1.39. The fraction of sp³-hybridized carbons (Fsp3) is 0.667. The lowest BCUT2D eigenvalue weighted by Crippen LogP contribution is -2.22. The highest BCUT2D eigenvalue weighted by molar-refractivity contribution is 5.64. The molecule has 0 saturated carbocycles. The van der Waals surface area contributed by atoms with Gasteiger partial charge in [0.05, 0.1) is 0 Å². The fourth-order valence-electron chi connectivity index (χ4n) is 1.39. The largest absolute Gasteiger partial charge is 0.446 e. The second-order valence-corrected chi connectivity index (χ2v) is 3.05. The molecule has 1 aliphatic carbocycles. The Bertz CT molecular complexity index is 177. The number of ether oxygens (including phenoxy) is 1. The number of hydrogen-bond donors (Lipinski definition) is 1. The van der Waals surface area contributed by atoms with E-state index in [9.17, 15) is 4.79 Å². The van der Waals surface area contributed by atoms with Crippen molar-refractivity contribution in [3.8, 4) is 0 Å². The maximum absolute atomic E-state index is 10.4. The van der Waals surface area contributed by atoms with Crippen LogP contribution in [-0.4, -0.2) is 12.2 Å². The third-order valence-electron chi connectivity index (χ3n) is 2.00. The number of allylic oxidation sites excluding steroid dienone is 1. The molecule has 12 heavy (non-hydrogen) atoms. The quantitative estimate of drug-likeness (QED) is 0.610. The molecule has 1 aliphatic rings. The normalized spacial score (nSPS) is 26.8. The minimum atomic E-state index is -0.658. The third kappa shape index (κ3) is 3.42. The number of amides is 1. The van der Waals surface area contributed by atoms with Crippen LogP contribution in [-0.2, 0) is 4.74 Å². The van der Waals surface area contributed by atoms with E-state index in [0.717, 1.165) is 25.7 Å². The number of hydrogen-bond acceptors (Lipinski definition) is 2. The minimum Gasteiger partial charge on any atom is -0.446 e. The van der Waals surface area contributed by atoms with Gasteiger partial charge >= 0.3 is 6.09 Å². The van der Waals surface area contributed by atoms with Crippen LogP contribution in [0.5, 0.6) is 0 Å². The molecule has 0 aliphatic heterocycles. The standard InChI is InChI=1S/C9H15NO2/c10-9(11)12-8-6-4-2-1-3-5-7-8/h2,4,8H,1,3,5-7H2,(H2,10,11)/b4-2+. The molecule has 0 bridgehead atoms. The third-order valence-corrected chi connectivity index (χ3v) is 2.00. The van der Waals surface area contributed by atoms with E-state index >= 15 is 0 Å². The van der Waals surface area contributed by atoms with E-state index in [4.69, 9.17) is 10.5 Å². The highest BCUT2D eigenvalue weighted by Crippen LogP contribution is 2.14. The van der Waals surface area contributed by atoms with Crippen LogP contribution < -0.4 is 5.73 Å². The van der Waals surface area contributed by atoms with E-state index in [2.05, 4.69) is 12.2 Å². The van der Waals surface area contributed by atoms with E-state index in [-0.39, 0.29) is 6.10 Å². The first-order valence-corrected chi connectivity index (χ1v) is 4.40. The van der Waals surface area contributed by atoms with Crippen LogP contribution in [0.2, 0.25) is 0 Å². The van der Waals surface area contributed by atoms with Gasteiger partial charge in [-0.1, -0.05) is 12.2 Å². The molecule has 1 amide bonds. The van der Waals surface area contributed by atoms with Gasteiger partial charge in [-0.3, -0.25) is 0 Å². The molecule has 0 heterocycles. The smallest absolute Gasteiger partial charge is 0.404 e. The number of carbonyl (C=O) groups excluding carboxylic acids is 1. The Morgan fingerprint density at radius 2 is 2.25 bits per heavy atom. The number of primary amides is 1. The first kappa shape index (κ1) is 9.10. The maximum Gasteiger partial charge on any atom is 0.404 e. The van der Waals surface area contributed by atoms with Crippen LogP contribution in [0.25, 0.3) is 0 Å². The Balaban J connectivity index is 2.35. The molecule has 1 rings (SSSR count). The summed E-state index contributed by atoms with van der Waals surface area (Å²) in [5.41, 5.74) is 4.93. The van der Waals surface area contributed by atoms with Gasteiger partial charge in [0.1, 0.15) is 6.10 Å². The van der Waals surface area contributed by atoms with Gasteiger partial charge in [-0.2, -0.15) is 0 Å². The zero-order valence-corrected chi connectivity index (χ0v) is 7.16. The molecule has 3 heteroatoms. The highest BCUT2D eigenvalue weighted by atomic mass is 16.6. The van der Waals surface area contributed by atoms with E-state index in [0.29, 0.717) is 0 Å².